The van der Waals surface area contributed by atoms with Gasteiger partial charge in [0.25, 0.3) is 11.5 Å². The quantitative estimate of drug-likeness (QED) is 0.257. The van der Waals surface area contributed by atoms with Crippen molar-refractivity contribution in [1.29, 1.82) is 0 Å². The van der Waals surface area contributed by atoms with Crippen molar-refractivity contribution < 1.29 is 27.8 Å². The second-order valence-electron chi connectivity index (χ2n) is 14.2. The molecule has 14 heteroatoms. The lowest BCUT2D eigenvalue weighted by molar-refractivity contribution is -0.120. The van der Waals surface area contributed by atoms with Gasteiger partial charge in [0, 0.05) is 25.5 Å². The Kier molecular flexibility index (Phi) is 8.77. The van der Waals surface area contributed by atoms with Gasteiger partial charge in [0.05, 0.1) is 42.0 Å². The summed E-state index contributed by atoms with van der Waals surface area (Å²) in [5, 5.41) is 0.208. The number of carbonyl (C=O) groups excluding carboxylic acids is 2. The van der Waals surface area contributed by atoms with Crippen LogP contribution in [0.3, 0.4) is 0 Å². The van der Waals surface area contributed by atoms with Crippen molar-refractivity contribution >= 4 is 34.4 Å². The van der Waals surface area contributed by atoms with E-state index in [4.69, 9.17) is 14.5 Å². The molecule has 6 rings (SSSR count). The number of anilines is 2. The molecule has 2 aliphatic heterocycles. The fraction of sp³-hybridized carbons (Fsp3) is 0.444. The van der Waals surface area contributed by atoms with Gasteiger partial charge in [-0.15, -0.1) is 0 Å². The van der Waals surface area contributed by atoms with Crippen molar-refractivity contribution in [2.24, 2.45) is 0 Å². The first-order valence-corrected chi connectivity index (χ1v) is 16.5. The summed E-state index contributed by atoms with van der Waals surface area (Å²) in [6, 6.07) is 4.43. The number of methoxy groups -OCH3 is 1. The van der Waals surface area contributed by atoms with E-state index in [9.17, 15) is 9.59 Å². The highest BCUT2D eigenvalue weighted by atomic mass is 19.1. The molecule has 3 aromatic heterocycles. The molecular formula is C36H41F2N7O5. The van der Waals surface area contributed by atoms with Crippen molar-refractivity contribution in [2.45, 2.75) is 71.9 Å². The number of aromatic nitrogens is 4. The van der Waals surface area contributed by atoms with Crippen LogP contribution < -0.4 is 20.1 Å². The number of pyridine rings is 2. The Labute approximate surface area is 288 Å². The summed E-state index contributed by atoms with van der Waals surface area (Å²) in [7, 11) is 2.83. The summed E-state index contributed by atoms with van der Waals surface area (Å²) < 4.78 is 44.3. The number of halogens is 2. The van der Waals surface area contributed by atoms with E-state index in [2.05, 4.69) is 9.97 Å². The topological polar surface area (TPSA) is 123 Å². The van der Waals surface area contributed by atoms with E-state index < -0.39 is 40.8 Å². The van der Waals surface area contributed by atoms with E-state index in [1.54, 1.807) is 25.7 Å². The Morgan fingerprint density at radius 2 is 1.62 bits per heavy atom. The summed E-state index contributed by atoms with van der Waals surface area (Å²) in [5.41, 5.74) is -0.180. The minimum absolute atomic E-state index is 0.00940. The number of fused-ring (bicyclic) bond motifs is 5. The molecule has 1 saturated heterocycles. The zero-order valence-corrected chi connectivity index (χ0v) is 29.7. The number of ether oxygens (including phenoxy) is 2. The Morgan fingerprint density at radius 3 is 2.22 bits per heavy atom. The smallest absolute Gasteiger partial charge is 0.410 e. The van der Waals surface area contributed by atoms with E-state index in [1.165, 1.54) is 59.1 Å². The maximum atomic E-state index is 16.5. The third kappa shape index (κ3) is 5.69. The number of carbonyl (C=O) groups is 2. The molecule has 50 heavy (non-hydrogen) atoms. The lowest BCUT2D eigenvalue weighted by atomic mass is 9.99. The van der Waals surface area contributed by atoms with Crippen LogP contribution in [0.1, 0.15) is 71.7 Å². The molecule has 5 heterocycles. The van der Waals surface area contributed by atoms with Gasteiger partial charge < -0.3 is 24.2 Å². The van der Waals surface area contributed by atoms with Crippen molar-refractivity contribution in [3.63, 3.8) is 0 Å². The van der Waals surface area contributed by atoms with Gasteiger partial charge in [-0.05, 0) is 50.8 Å². The predicted octanol–water partition coefficient (Wildman–Crippen LogP) is 5.78. The first-order valence-electron chi connectivity index (χ1n) is 16.5. The van der Waals surface area contributed by atoms with E-state index in [-0.39, 0.29) is 70.9 Å². The highest BCUT2D eigenvalue weighted by Crippen LogP contribution is 2.43. The van der Waals surface area contributed by atoms with Gasteiger partial charge in [0.1, 0.15) is 40.9 Å². The summed E-state index contributed by atoms with van der Waals surface area (Å²) in [4.78, 5) is 60.4. The minimum atomic E-state index is -0.904. The SMILES string of the molecule is COc1cccc(F)c1-c1nc2c(cc1F)c1c(c(=O)n2-c2c(C(C)C)ncnc2C(C)C)N(C)C(=O)[C@H]2CN(C(=O)OC(C)(C)C)CCN12. The molecule has 0 saturated carbocycles. The average molecular weight is 690 g/mol. The van der Waals surface area contributed by atoms with Crippen LogP contribution in [-0.4, -0.2) is 81.9 Å². The summed E-state index contributed by atoms with van der Waals surface area (Å²) >= 11 is 0. The highest BCUT2D eigenvalue weighted by Gasteiger charge is 2.45. The van der Waals surface area contributed by atoms with Crippen LogP contribution in [-0.2, 0) is 9.53 Å². The summed E-state index contributed by atoms with van der Waals surface area (Å²) in [6.07, 6.45) is 0.869. The molecular weight excluding hydrogens is 648 g/mol. The Morgan fingerprint density at radius 1 is 0.960 bits per heavy atom. The van der Waals surface area contributed by atoms with Crippen LogP contribution in [0.4, 0.5) is 25.0 Å². The molecule has 0 radical (unpaired) electrons. The largest absolute Gasteiger partial charge is 0.496 e. The van der Waals surface area contributed by atoms with Gasteiger partial charge in [-0.25, -0.2) is 28.5 Å². The fourth-order valence-corrected chi connectivity index (χ4v) is 6.70. The lowest BCUT2D eigenvalue weighted by Gasteiger charge is -2.47. The fourth-order valence-electron chi connectivity index (χ4n) is 6.70. The van der Waals surface area contributed by atoms with Crippen LogP contribution in [0.5, 0.6) is 5.75 Å². The van der Waals surface area contributed by atoms with E-state index in [1.807, 2.05) is 27.7 Å². The van der Waals surface area contributed by atoms with Gasteiger partial charge in [-0.3, -0.25) is 14.2 Å². The van der Waals surface area contributed by atoms with Gasteiger partial charge in [-0.2, -0.15) is 0 Å². The minimum Gasteiger partial charge on any atom is -0.496 e. The third-order valence-corrected chi connectivity index (χ3v) is 8.95. The number of nitrogens with zero attached hydrogens (tertiary/aromatic N) is 7. The van der Waals surface area contributed by atoms with Gasteiger partial charge >= 0.3 is 6.09 Å². The standard InChI is InChI=1S/C36H41F2N7O5/c1-18(2)26-30(27(19(3)4)40-17-39-26)45-32-20(15-22(38)28(41-32)25-21(37)11-10-12-24(25)49-9)29-31(34(45)47)42(8)33(46)23-16-43(13-14-44(23)29)35(48)50-36(5,6)7/h10-12,15,17-19,23H,13-14,16H2,1-9H3/t23-/m1/s1. The van der Waals surface area contributed by atoms with E-state index in [0.717, 1.165) is 0 Å². The molecule has 1 atom stereocenters. The number of rotatable bonds is 5. The number of amides is 2. The van der Waals surface area contributed by atoms with Gasteiger partial charge in [0.2, 0.25) is 0 Å². The lowest BCUT2D eigenvalue weighted by Crippen LogP contribution is -2.64. The van der Waals surface area contributed by atoms with Gasteiger partial charge in [-0.1, -0.05) is 33.8 Å². The number of piperazine rings is 1. The zero-order chi connectivity index (χ0) is 36.4. The normalized spacial score (nSPS) is 16.3. The van der Waals surface area contributed by atoms with Crippen molar-refractivity contribution in [3.8, 4) is 22.7 Å². The van der Waals surface area contributed by atoms with Crippen molar-refractivity contribution in [1.82, 2.24) is 24.4 Å². The van der Waals surface area contributed by atoms with E-state index >= 15 is 13.6 Å². The number of likely N-dealkylation sites (N-methyl/N-ethyl adjacent to an activating group) is 1. The predicted molar refractivity (Wildman–Crippen MR) is 185 cm³/mol. The molecule has 0 unspecified atom stereocenters. The molecule has 0 bridgehead atoms. The Bertz CT molecular complexity index is 2070. The van der Waals surface area contributed by atoms with Crippen molar-refractivity contribution in [2.75, 3.05) is 43.6 Å². The van der Waals surface area contributed by atoms with Crippen LogP contribution in [0.15, 0.2) is 35.4 Å². The summed E-state index contributed by atoms with van der Waals surface area (Å²) in [6.45, 7) is 13.3. The summed E-state index contributed by atoms with van der Waals surface area (Å²) in [5.74, 6) is -2.36. The molecule has 0 N–H and O–H groups in total. The Hall–Kier alpha value is -5.14. The maximum absolute atomic E-state index is 16.5. The van der Waals surface area contributed by atoms with Gasteiger partial charge in [0.15, 0.2) is 11.5 Å². The first kappa shape index (κ1) is 34.7. The first-order chi connectivity index (χ1) is 23.5. The zero-order valence-electron chi connectivity index (χ0n) is 29.7. The Balaban J connectivity index is 1.70. The average Bonchev–Trinajstić information content (AvgIpc) is 3.05. The molecule has 12 nitrogen and oxygen atoms in total. The van der Waals surface area contributed by atoms with Crippen LogP contribution >= 0.6 is 0 Å². The molecule has 264 valence electrons. The van der Waals surface area contributed by atoms with E-state index in [0.29, 0.717) is 17.1 Å². The monoisotopic (exact) mass is 689 g/mol. The number of hydrogen-bond donors (Lipinski definition) is 0. The molecule has 2 amide bonds. The number of hydrogen-bond acceptors (Lipinski definition) is 9. The second kappa shape index (κ2) is 12.6. The molecule has 4 aromatic rings. The maximum Gasteiger partial charge on any atom is 0.410 e. The molecule has 1 aromatic carbocycles. The highest BCUT2D eigenvalue weighted by molar-refractivity contribution is 6.11. The van der Waals surface area contributed by atoms with Crippen LogP contribution in [0, 0.1) is 11.6 Å². The van der Waals surface area contributed by atoms with Crippen molar-refractivity contribution in [3.05, 3.63) is 64.0 Å². The number of benzene rings is 1. The molecule has 1 fully saturated rings. The second-order valence-corrected chi connectivity index (χ2v) is 14.2. The van der Waals surface area contributed by atoms with Crippen LogP contribution in [0.2, 0.25) is 0 Å². The molecule has 0 spiro atoms. The third-order valence-electron chi connectivity index (χ3n) is 8.95. The van der Waals surface area contributed by atoms with Crippen LogP contribution in [0.25, 0.3) is 28.0 Å². The molecule has 0 aliphatic carbocycles. The molecule has 2 aliphatic rings.